The Balaban J connectivity index is 2.10. The second kappa shape index (κ2) is 7.13. The summed E-state index contributed by atoms with van der Waals surface area (Å²) in [5.41, 5.74) is 6.73. The molecule has 118 valence electrons. The zero-order valence-corrected chi connectivity index (χ0v) is 14.2. The second-order valence-corrected chi connectivity index (χ2v) is 8.74. The molecule has 3 N–H and O–H groups in total. The van der Waals surface area contributed by atoms with E-state index in [0.717, 1.165) is 30.6 Å². The van der Waals surface area contributed by atoms with E-state index in [-0.39, 0.29) is 12.1 Å². The molecule has 2 rings (SSSR count). The first kappa shape index (κ1) is 16.8. The monoisotopic (exact) mass is 328 g/mol. The Morgan fingerprint density at radius 2 is 2.00 bits per heavy atom. The summed E-state index contributed by atoms with van der Waals surface area (Å²) in [6, 6.07) is 6.80. The van der Waals surface area contributed by atoms with Gasteiger partial charge in [0, 0.05) is 17.3 Å². The molecule has 21 heavy (non-hydrogen) atoms. The number of nitrogens with two attached hydrogens (primary N) is 1. The molecule has 0 aromatic heterocycles. The van der Waals surface area contributed by atoms with Gasteiger partial charge in [0.05, 0.1) is 4.90 Å². The highest BCUT2D eigenvalue weighted by molar-refractivity contribution is 8.00. The summed E-state index contributed by atoms with van der Waals surface area (Å²) in [5, 5.41) is 0.396. The van der Waals surface area contributed by atoms with E-state index in [0.29, 0.717) is 10.1 Å². The van der Waals surface area contributed by atoms with Gasteiger partial charge < -0.3 is 5.73 Å². The summed E-state index contributed by atoms with van der Waals surface area (Å²) < 4.78 is 27.8. The molecule has 6 heteroatoms. The van der Waals surface area contributed by atoms with Crippen molar-refractivity contribution in [2.75, 3.05) is 5.75 Å². The van der Waals surface area contributed by atoms with Crippen molar-refractivity contribution in [1.82, 2.24) is 4.72 Å². The van der Waals surface area contributed by atoms with E-state index in [4.69, 9.17) is 5.73 Å². The number of rotatable bonds is 6. The fraction of sp³-hybridized carbons (Fsp3) is 0.600. The average molecular weight is 329 g/mol. The first-order valence-corrected chi connectivity index (χ1v) is 9.96. The lowest BCUT2D eigenvalue weighted by Crippen LogP contribution is -2.38. The molecule has 0 radical (unpaired) electrons. The highest BCUT2D eigenvalue weighted by Gasteiger charge is 2.31. The van der Waals surface area contributed by atoms with Crippen LogP contribution in [-0.2, 0) is 10.0 Å². The van der Waals surface area contributed by atoms with Gasteiger partial charge in [-0.05, 0) is 43.2 Å². The Morgan fingerprint density at radius 1 is 1.33 bits per heavy atom. The van der Waals surface area contributed by atoms with Gasteiger partial charge in [0.2, 0.25) is 10.0 Å². The topological polar surface area (TPSA) is 72.2 Å². The molecule has 0 aliphatic heterocycles. The van der Waals surface area contributed by atoms with Gasteiger partial charge in [-0.3, -0.25) is 0 Å². The average Bonchev–Trinajstić information content (AvgIpc) is 2.86. The lowest BCUT2D eigenvalue weighted by atomic mass is 10.1. The molecule has 0 spiro atoms. The molecule has 1 aromatic rings. The van der Waals surface area contributed by atoms with E-state index in [9.17, 15) is 8.42 Å². The predicted molar refractivity (Wildman–Crippen MR) is 88.9 cm³/mol. The quantitative estimate of drug-likeness (QED) is 0.842. The first-order valence-electron chi connectivity index (χ1n) is 7.43. The summed E-state index contributed by atoms with van der Waals surface area (Å²) in [4.78, 5) is 0.319. The number of thioether (sulfide) groups is 1. The van der Waals surface area contributed by atoms with E-state index in [2.05, 4.69) is 11.6 Å². The molecular weight excluding hydrogens is 304 g/mol. The maximum absolute atomic E-state index is 12.5. The molecule has 0 heterocycles. The van der Waals surface area contributed by atoms with Crippen LogP contribution in [0.3, 0.4) is 0 Å². The fourth-order valence-electron chi connectivity index (χ4n) is 2.69. The van der Waals surface area contributed by atoms with Gasteiger partial charge in [0.25, 0.3) is 0 Å². The summed E-state index contributed by atoms with van der Waals surface area (Å²) in [5.74, 6) is 1.02. The minimum Gasteiger partial charge on any atom is -0.324 e. The Labute approximate surface area is 131 Å². The van der Waals surface area contributed by atoms with Crippen LogP contribution in [0.25, 0.3) is 0 Å². The maximum Gasteiger partial charge on any atom is 0.240 e. The SMILES string of the molecule is CCSC1CCCC1NS(=O)(=O)c1ccc(C(C)N)cc1. The molecule has 4 nitrogen and oxygen atoms in total. The van der Waals surface area contributed by atoms with Gasteiger partial charge in [-0.15, -0.1) is 0 Å². The molecule has 1 aliphatic carbocycles. The Hall–Kier alpha value is -0.560. The molecule has 0 bridgehead atoms. The standard InChI is InChI=1S/C15H24N2O2S2/c1-3-20-15-6-4-5-14(15)17-21(18,19)13-9-7-12(8-10-13)11(2)16/h7-11,14-15,17H,3-6,16H2,1-2H3. The van der Waals surface area contributed by atoms with Crippen molar-refractivity contribution in [2.45, 2.75) is 55.3 Å². The number of benzene rings is 1. The minimum absolute atomic E-state index is 0.0491. The molecule has 1 aromatic carbocycles. The van der Waals surface area contributed by atoms with Crippen LogP contribution in [0.2, 0.25) is 0 Å². The van der Waals surface area contributed by atoms with E-state index < -0.39 is 10.0 Å². The van der Waals surface area contributed by atoms with Crippen LogP contribution in [0.5, 0.6) is 0 Å². The predicted octanol–water partition coefficient (Wildman–Crippen LogP) is 2.66. The van der Waals surface area contributed by atoms with Gasteiger partial charge in [-0.1, -0.05) is 25.5 Å². The Bertz CT molecular complexity index is 556. The van der Waals surface area contributed by atoms with Gasteiger partial charge in [-0.2, -0.15) is 11.8 Å². The van der Waals surface area contributed by atoms with Crippen molar-refractivity contribution >= 4 is 21.8 Å². The molecule has 1 fully saturated rings. The first-order chi connectivity index (χ1) is 9.94. The van der Waals surface area contributed by atoms with Gasteiger partial charge in [0.1, 0.15) is 0 Å². The summed E-state index contributed by atoms with van der Waals surface area (Å²) >= 11 is 1.85. The van der Waals surface area contributed by atoms with Crippen LogP contribution in [0.1, 0.15) is 44.7 Å². The second-order valence-electron chi connectivity index (χ2n) is 5.51. The zero-order valence-electron chi connectivity index (χ0n) is 12.6. The molecule has 3 atom stereocenters. The molecule has 3 unspecified atom stereocenters. The van der Waals surface area contributed by atoms with Crippen LogP contribution in [-0.4, -0.2) is 25.5 Å². The largest absolute Gasteiger partial charge is 0.324 e. The van der Waals surface area contributed by atoms with Crippen molar-refractivity contribution in [3.05, 3.63) is 29.8 Å². The van der Waals surface area contributed by atoms with Crippen LogP contribution in [0.4, 0.5) is 0 Å². The van der Waals surface area contributed by atoms with Crippen molar-refractivity contribution in [3.63, 3.8) is 0 Å². The van der Waals surface area contributed by atoms with Gasteiger partial charge >= 0.3 is 0 Å². The third kappa shape index (κ3) is 4.22. The van der Waals surface area contributed by atoms with Crippen molar-refractivity contribution in [2.24, 2.45) is 5.73 Å². The van der Waals surface area contributed by atoms with E-state index in [1.165, 1.54) is 0 Å². The Morgan fingerprint density at radius 3 is 2.57 bits per heavy atom. The normalized spacial score (nSPS) is 24.1. The molecule has 1 aliphatic rings. The molecule has 1 saturated carbocycles. The smallest absolute Gasteiger partial charge is 0.240 e. The van der Waals surface area contributed by atoms with Crippen LogP contribution >= 0.6 is 11.8 Å². The number of sulfonamides is 1. The van der Waals surface area contributed by atoms with Crippen molar-refractivity contribution < 1.29 is 8.42 Å². The van der Waals surface area contributed by atoms with E-state index in [1.54, 1.807) is 24.3 Å². The van der Waals surface area contributed by atoms with Crippen molar-refractivity contribution in [3.8, 4) is 0 Å². The lowest BCUT2D eigenvalue weighted by molar-refractivity contribution is 0.555. The molecule has 0 amide bonds. The van der Waals surface area contributed by atoms with Gasteiger partial charge in [-0.25, -0.2) is 13.1 Å². The van der Waals surface area contributed by atoms with Crippen LogP contribution < -0.4 is 10.5 Å². The highest BCUT2D eigenvalue weighted by atomic mass is 32.2. The van der Waals surface area contributed by atoms with Crippen LogP contribution in [0, 0.1) is 0 Å². The zero-order chi connectivity index (χ0) is 15.5. The van der Waals surface area contributed by atoms with Gasteiger partial charge in [0.15, 0.2) is 0 Å². The van der Waals surface area contributed by atoms with E-state index >= 15 is 0 Å². The third-order valence-corrected chi connectivity index (χ3v) is 6.69. The van der Waals surface area contributed by atoms with Crippen molar-refractivity contribution in [1.29, 1.82) is 0 Å². The lowest BCUT2D eigenvalue weighted by Gasteiger charge is -2.20. The Kier molecular flexibility index (Phi) is 5.71. The summed E-state index contributed by atoms with van der Waals surface area (Å²) in [7, 11) is -3.44. The highest BCUT2D eigenvalue weighted by Crippen LogP contribution is 2.31. The fourth-order valence-corrected chi connectivity index (χ4v) is 5.29. The summed E-state index contributed by atoms with van der Waals surface area (Å²) in [6.45, 7) is 3.99. The number of hydrogen-bond donors (Lipinski definition) is 2. The molecule has 0 saturated heterocycles. The number of hydrogen-bond acceptors (Lipinski definition) is 4. The molecular formula is C15H24N2O2S2. The van der Waals surface area contributed by atoms with E-state index in [1.807, 2.05) is 18.7 Å². The van der Waals surface area contributed by atoms with Crippen LogP contribution in [0.15, 0.2) is 29.2 Å². The third-order valence-electron chi connectivity index (χ3n) is 3.86. The number of nitrogens with one attached hydrogen (secondary N) is 1. The minimum atomic E-state index is -3.44. The maximum atomic E-state index is 12.5. The summed E-state index contributed by atoms with van der Waals surface area (Å²) in [6.07, 6.45) is 3.11.